The fourth-order valence-corrected chi connectivity index (χ4v) is 3.40. The number of halogens is 1. The first-order valence-corrected chi connectivity index (χ1v) is 8.32. The number of sulfonamides is 1. The lowest BCUT2D eigenvalue weighted by Crippen LogP contribution is -2.30. The molecule has 0 aliphatic carbocycles. The van der Waals surface area contributed by atoms with Crippen LogP contribution < -0.4 is 10.5 Å². The minimum Gasteiger partial charge on any atom is -0.326 e. The third kappa shape index (κ3) is 4.01. The third-order valence-corrected chi connectivity index (χ3v) is 5.15. The van der Waals surface area contributed by atoms with E-state index in [1.165, 1.54) is 19.1 Å². The largest absolute Gasteiger partial charge is 0.326 e. The Bertz CT molecular complexity index is 555. The van der Waals surface area contributed by atoms with E-state index in [1.807, 2.05) is 13.8 Å². The van der Waals surface area contributed by atoms with Gasteiger partial charge in [0.1, 0.15) is 5.82 Å². The predicted octanol–water partition coefficient (Wildman–Crippen LogP) is 2.31. The average Bonchev–Trinajstić information content (AvgIpc) is 2.42. The summed E-state index contributed by atoms with van der Waals surface area (Å²) >= 11 is 0. The van der Waals surface area contributed by atoms with E-state index >= 15 is 0 Å². The molecule has 0 spiro atoms. The molecule has 0 unspecified atom stereocenters. The van der Waals surface area contributed by atoms with Crippen molar-refractivity contribution in [2.45, 2.75) is 45.1 Å². The van der Waals surface area contributed by atoms with E-state index in [1.54, 1.807) is 0 Å². The van der Waals surface area contributed by atoms with Crippen LogP contribution in [0.15, 0.2) is 17.0 Å². The molecule has 1 rings (SSSR count). The Morgan fingerprint density at radius 1 is 1.30 bits per heavy atom. The lowest BCUT2D eigenvalue weighted by Gasteiger charge is -2.15. The monoisotopic (exact) mass is 302 g/mol. The molecule has 0 aliphatic heterocycles. The van der Waals surface area contributed by atoms with Gasteiger partial charge in [-0.25, -0.2) is 17.5 Å². The maximum absolute atomic E-state index is 13.7. The Labute approximate surface area is 120 Å². The fraction of sp³-hybridized carbons (Fsp3) is 0.571. The van der Waals surface area contributed by atoms with Gasteiger partial charge in [0.2, 0.25) is 10.0 Å². The Kier molecular flexibility index (Phi) is 6.10. The second-order valence-corrected chi connectivity index (χ2v) is 6.67. The Morgan fingerprint density at radius 2 is 1.90 bits per heavy atom. The molecule has 3 N–H and O–H groups in total. The molecule has 0 atom stereocenters. The normalized spacial score (nSPS) is 12.1. The molecule has 0 fully saturated rings. The number of nitrogens with one attached hydrogen (secondary N) is 1. The number of benzene rings is 1. The summed E-state index contributed by atoms with van der Waals surface area (Å²) in [5, 5.41) is 0. The second kappa shape index (κ2) is 7.15. The lowest BCUT2D eigenvalue weighted by molar-refractivity contribution is 0.478. The van der Waals surface area contributed by atoms with Crippen LogP contribution in [0.25, 0.3) is 0 Å². The molecule has 114 valence electrons. The van der Waals surface area contributed by atoms with Gasteiger partial charge in [0.25, 0.3) is 0 Å². The maximum atomic E-state index is 13.7. The first kappa shape index (κ1) is 17.1. The zero-order valence-corrected chi connectivity index (χ0v) is 13.1. The Morgan fingerprint density at radius 3 is 2.40 bits per heavy atom. The Balaban J connectivity index is 3.06. The van der Waals surface area contributed by atoms with E-state index in [0.29, 0.717) is 12.1 Å². The molecule has 6 heteroatoms. The van der Waals surface area contributed by atoms with E-state index in [9.17, 15) is 12.8 Å². The molecule has 0 saturated carbocycles. The zero-order valence-electron chi connectivity index (χ0n) is 12.2. The van der Waals surface area contributed by atoms with Crippen LogP contribution >= 0.6 is 0 Å². The highest BCUT2D eigenvalue weighted by molar-refractivity contribution is 7.89. The van der Waals surface area contributed by atoms with Crippen LogP contribution in [0.4, 0.5) is 4.39 Å². The van der Waals surface area contributed by atoms with Gasteiger partial charge >= 0.3 is 0 Å². The van der Waals surface area contributed by atoms with Crippen molar-refractivity contribution >= 4 is 10.0 Å². The topological polar surface area (TPSA) is 72.2 Å². The van der Waals surface area contributed by atoms with Crippen molar-refractivity contribution in [1.82, 2.24) is 4.72 Å². The highest BCUT2D eigenvalue weighted by Gasteiger charge is 2.20. The van der Waals surface area contributed by atoms with Gasteiger partial charge in [0, 0.05) is 18.7 Å². The van der Waals surface area contributed by atoms with E-state index in [4.69, 9.17) is 5.73 Å². The van der Waals surface area contributed by atoms with Gasteiger partial charge in [-0.15, -0.1) is 0 Å². The van der Waals surface area contributed by atoms with E-state index in [0.717, 1.165) is 12.8 Å². The lowest BCUT2D eigenvalue weighted by atomic mass is 10.0. The van der Waals surface area contributed by atoms with Crippen molar-refractivity contribution < 1.29 is 12.8 Å². The third-order valence-electron chi connectivity index (χ3n) is 3.60. The van der Waals surface area contributed by atoms with Crippen LogP contribution in [0.3, 0.4) is 0 Å². The highest BCUT2D eigenvalue weighted by Crippen LogP contribution is 2.21. The van der Waals surface area contributed by atoms with E-state index in [2.05, 4.69) is 4.72 Å². The quantitative estimate of drug-likeness (QED) is 0.812. The number of nitrogens with two attached hydrogens (primary N) is 1. The average molecular weight is 302 g/mol. The van der Waals surface area contributed by atoms with Crippen LogP contribution in [0.1, 0.15) is 37.8 Å². The molecule has 4 nitrogen and oxygen atoms in total. The van der Waals surface area contributed by atoms with Crippen LogP contribution in [0, 0.1) is 18.7 Å². The van der Waals surface area contributed by atoms with Crippen molar-refractivity contribution in [3.05, 3.63) is 29.1 Å². The van der Waals surface area contributed by atoms with Gasteiger partial charge in [0.15, 0.2) is 0 Å². The molecule has 0 aliphatic rings. The van der Waals surface area contributed by atoms with Gasteiger partial charge in [-0.1, -0.05) is 26.7 Å². The molecular formula is C14H23FN2O2S. The standard InChI is InChI=1S/C14H23FN2O2S/c1-4-11(5-2)9-17-20(18,19)14-7-12(8-16)6-13(15)10(14)3/h6-7,11,17H,4-5,8-9,16H2,1-3H3. The highest BCUT2D eigenvalue weighted by atomic mass is 32.2. The van der Waals surface area contributed by atoms with Crippen molar-refractivity contribution in [1.29, 1.82) is 0 Å². The summed E-state index contributed by atoms with van der Waals surface area (Å²) in [7, 11) is -3.71. The number of rotatable bonds is 7. The second-order valence-electron chi connectivity index (χ2n) is 4.94. The van der Waals surface area contributed by atoms with Gasteiger partial charge < -0.3 is 5.73 Å². The Hall–Kier alpha value is -0.980. The maximum Gasteiger partial charge on any atom is 0.240 e. The molecule has 0 saturated heterocycles. The van der Waals surface area contributed by atoms with Gasteiger partial charge in [-0.05, 0) is 30.5 Å². The smallest absolute Gasteiger partial charge is 0.240 e. The number of hydrogen-bond donors (Lipinski definition) is 2. The van der Waals surface area contributed by atoms with Crippen LogP contribution in [-0.4, -0.2) is 15.0 Å². The molecule has 0 heterocycles. The minimum atomic E-state index is -3.71. The summed E-state index contributed by atoms with van der Waals surface area (Å²) in [5.74, 6) is -0.261. The van der Waals surface area contributed by atoms with Crippen molar-refractivity contribution in [2.75, 3.05) is 6.54 Å². The van der Waals surface area contributed by atoms with Crippen LogP contribution in [0.5, 0.6) is 0 Å². The first-order chi connectivity index (χ1) is 9.35. The van der Waals surface area contributed by atoms with Crippen molar-refractivity contribution in [2.24, 2.45) is 11.7 Å². The molecule has 1 aromatic carbocycles. The molecule has 20 heavy (non-hydrogen) atoms. The van der Waals surface area contributed by atoms with Crippen molar-refractivity contribution in [3.63, 3.8) is 0 Å². The van der Waals surface area contributed by atoms with Crippen LogP contribution in [-0.2, 0) is 16.6 Å². The van der Waals surface area contributed by atoms with Gasteiger partial charge in [0.05, 0.1) is 4.90 Å². The summed E-state index contributed by atoms with van der Waals surface area (Å²) < 4.78 is 40.9. The number of hydrogen-bond acceptors (Lipinski definition) is 3. The summed E-state index contributed by atoms with van der Waals surface area (Å²) in [5.41, 5.74) is 6.06. The SMILES string of the molecule is CCC(CC)CNS(=O)(=O)c1cc(CN)cc(F)c1C. The summed E-state index contributed by atoms with van der Waals surface area (Å²) in [6, 6.07) is 2.71. The molecule has 0 aromatic heterocycles. The van der Waals surface area contributed by atoms with Crippen molar-refractivity contribution in [3.8, 4) is 0 Å². The molecule has 0 bridgehead atoms. The van der Waals surface area contributed by atoms with E-state index < -0.39 is 15.8 Å². The summed E-state index contributed by atoms with van der Waals surface area (Å²) in [6.07, 6.45) is 1.80. The molecule has 0 radical (unpaired) electrons. The molecule has 1 aromatic rings. The first-order valence-electron chi connectivity index (χ1n) is 6.84. The van der Waals surface area contributed by atoms with Gasteiger partial charge in [-0.3, -0.25) is 0 Å². The van der Waals surface area contributed by atoms with Gasteiger partial charge in [-0.2, -0.15) is 0 Å². The summed E-state index contributed by atoms with van der Waals surface area (Å²) in [6.45, 7) is 5.96. The minimum absolute atomic E-state index is 0.0242. The van der Waals surface area contributed by atoms with E-state index in [-0.39, 0.29) is 22.9 Å². The molecular weight excluding hydrogens is 279 g/mol. The zero-order chi connectivity index (χ0) is 15.3. The summed E-state index contributed by atoms with van der Waals surface area (Å²) in [4.78, 5) is -0.0242. The van der Waals surface area contributed by atoms with Crippen LogP contribution in [0.2, 0.25) is 0 Å². The predicted molar refractivity (Wildman–Crippen MR) is 78.3 cm³/mol. The fourth-order valence-electron chi connectivity index (χ4n) is 1.99. The molecule has 0 amide bonds.